The van der Waals surface area contributed by atoms with Gasteiger partial charge in [-0.2, -0.15) is 0 Å². The Kier molecular flexibility index (Phi) is 3.57. The molecule has 2 aliphatic rings. The Hall–Kier alpha value is -0.370. The number of aldehydes is 1. The smallest absolute Gasteiger partial charge is 0.121 e. The summed E-state index contributed by atoms with van der Waals surface area (Å²) in [7, 11) is 0. The summed E-state index contributed by atoms with van der Waals surface area (Å²) in [6.07, 6.45) is 10.2. The third kappa shape index (κ3) is 2.17. The van der Waals surface area contributed by atoms with Crippen LogP contribution in [0.5, 0.6) is 0 Å². The van der Waals surface area contributed by atoms with Gasteiger partial charge in [0, 0.05) is 19.0 Å². The van der Waals surface area contributed by atoms with E-state index in [1.54, 1.807) is 0 Å². The zero-order chi connectivity index (χ0) is 9.80. The van der Waals surface area contributed by atoms with E-state index >= 15 is 0 Å². The topological polar surface area (TPSA) is 20.3 Å². The van der Waals surface area contributed by atoms with E-state index in [0.29, 0.717) is 0 Å². The maximum Gasteiger partial charge on any atom is 0.121 e. The largest absolute Gasteiger partial charge is 0.303 e. The lowest BCUT2D eigenvalue weighted by atomic mass is 9.96. The van der Waals surface area contributed by atoms with E-state index in [4.69, 9.17) is 0 Å². The van der Waals surface area contributed by atoms with Crippen molar-refractivity contribution in [1.82, 2.24) is 4.90 Å². The minimum atomic E-state index is 0.725. The maximum atomic E-state index is 10.4. The molecule has 1 saturated heterocycles. The summed E-state index contributed by atoms with van der Waals surface area (Å²) in [5.41, 5.74) is 0. The molecule has 0 radical (unpaired) electrons. The summed E-state index contributed by atoms with van der Waals surface area (Å²) < 4.78 is 0. The van der Waals surface area contributed by atoms with Gasteiger partial charge in [-0.15, -0.1) is 0 Å². The Bertz CT molecular complexity index is 187. The van der Waals surface area contributed by atoms with E-state index in [-0.39, 0.29) is 0 Å². The van der Waals surface area contributed by atoms with Crippen molar-refractivity contribution in [2.75, 3.05) is 13.1 Å². The first kappa shape index (κ1) is 10.2. The third-order valence-electron chi connectivity index (χ3n) is 3.89. The van der Waals surface area contributed by atoms with Crippen LogP contribution in [0.2, 0.25) is 0 Å². The fraction of sp³-hybridized carbons (Fsp3) is 0.917. The molecule has 0 N–H and O–H groups in total. The highest BCUT2D eigenvalue weighted by Gasteiger charge is 2.32. The first-order valence-electron chi connectivity index (χ1n) is 6.09. The zero-order valence-electron chi connectivity index (χ0n) is 8.95. The number of carbonyl (C=O) groups excluding carboxylic acids is 1. The molecule has 1 atom stereocenters. The van der Waals surface area contributed by atoms with Crippen molar-refractivity contribution < 1.29 is 4.79 Å². The van der Waals surface area contributed by atoms with Crippen LogP contribution in [0, 0.1) is 5.92 Å². The van der Waals surface area contributed by atoms with E-state index in [2.05, 4.69) is 4.90 Å². The van der Waals surface area contributed by atoms with Crippen molar-refractivity contribution in [3.63, 3.8) is 0 Å². The maximum absolute atomic E-state index is 10.4. The summed E-state index contributed by atoms with van der Waals surface area (Å²) in [5.74, 6) is 0.948. The summed E-state index contributed by atoms with van der Waals surface area (Å²) in [4.78, 5) is 12.9. The molecule has 2 nitrogen and oxygen atoms in total. The quantitative estimate of drug-likeness (QED) is 0.641. The van der Waals surface area contributed by atoms with E-state index in [0.717, 1.165) is 31.2 Å². The summed E-state index contributed by atoms with van der Waals surface area (Å²) in [6.45, 7) is 2.24. The highest BCUT2D eigenvalue weighted by molar-refractivity contribution is 5.49. The Morgan fingerprint density at radius 3 is 2.64 bits per heavy atom. The zero-order valence-corrected chi connectivity index (χ0v) is 8.95. The van der Waals surface area contributed by atoms with Crippen LogP contribution in [0.15, 0.2) is 0 Å². The number of nitrogens with zero attached hydrogens (tertiary/aromatic N) is 1. The molecule has 0 bridgehead atoms. The standard InChI is InChI=1S/C12H21NO/c14-10-4-9-13-8-3-7-12(13)11-5-1-2-6-11/h10-12H,1-9H2. The van der Waals surface area contributed by atoms with E-state index in [1.807, 2.05) is 0 Å². The summed E-state index contributed by atoms with van der Waals surface area (Å²) in [5, 5.41) is 0. The van der Waals surface area contributed by atoms with Gasteiger partial charge in [-0.3, -0.25) is 4.90 Å². The summed E-state index contributed by atoms with van der Waals surface area (Å²) in [6, 6.07) is 0.817. The third-order valence-corrected chi connectivity index (χ3v) is 3.89. The van der Waals surface area contributed by atoms with Crippen LogP contribution in [-0.2, 0) is 4.79 Å². The van der Waals surface area contributed by atoms with Crippen molar-refractivity contribution in [3.05, 3.63) is 0 Å². The molecule has 0 aromatic heterocycles. The average molecular weight is 195 g/mol. The predicted octanol–water partition coefficient (Wildman–Crippen LogP) is 2.23. The van der Waals surface area contributed by atoms with E-state index in [1.165, 1.54) is 45.1 Å². The van der Waals surface area contributed by atoms with Gasteiger partial charge in [-0.1, -0.05) is 12.8 Å². The first-order chi connectivity index (χ1) is 6.92. The second-order valence-corrected chi connectivity index (χ2v) is 4.75. The van der Waals surface area contributed by atoms with Gasteiger partial charge >= 0.3 is 0 Å². The Morgan fingerprint density at radius 2 is 1.93 bits per heavy atom. The molecular formula is C12H21NO. The van der Waals surface area contributed by atoms with Gasteiger partial charge in [0.1, 0.15) is 6.29 Å². The van der Waals surface area contributed by atoms with Gasteiger partial charge in [0.15, 0.2) is 0 Å². The van der Waals surface area contributed by atoms with Crippen molar-refractivity contribution in [1.29, 1.82) is 0 Å². The summed E-state index contributed by atoms with van der Waals surface area (Å²) >= 11 is 0. The second kappa shape index (κ2) is 4.92. The molecule has 0 aromatic carbocycles. The highest BCUT2D eigenvalue weighted by Crippen LogP contribution is 2.35. The van der Waals surface area contributed by atoms with Gasteiger partial charge in [-0.05, 0) is 38.1 Å². The molecule has 1 heterocycles. The minimum Gasteiger partial charge on any atom is -0.303 e. The Labute approximate surface area is 86.7 Å². The molecule has 2 heteroatoms. The van der Waals surface area contributed by atoms with Crippen molar-refractivity contribution in [2.24, 2.45) is 5.92 Å². The number of hydrogen-bond acceptors (Lipinski definition) is 2. The van der Waals surface area contributed by atoms with Crippen LogP contribution in [0.3, 0.4) is 0 Å². The highest BCUT2D eigenvalue weighted by atomic mass is 16.1. The van der Waals surface area contributed by atoms with Crippen LogP contribution >= 0.6 is 0 Å². The normalized spacial score (nSPS) is 29.9. The van der Waals surface area contributed by atoms with Gasteiger partial charge in [-0.25, -0.2) is 0 Å². The number of likely N-dealkylation sites (tertiary alicyclic amines) is 1. The molecule has 1 aliphatic carbocycles. The van der Waals surface area contributed by atoms with Gasteiger partial charge < -0.3 is 4.79 Å². The second-order valence-electron chi connectivity index (χ2n) is 4.75. The number of hydrogen-bond donors (Lipinski definition) is 0. The molecule has 0 amide bonds. The van der Waals surface area contributed by atoms with E-state index < -0.39 is 0 Å². The van der Waals surface area contributed by atoms with Crippen molar-refractivity contribution in [3.8, 4) is 0 Å². The van der Waals surface area contributed by atoms with E-state index in [9.17, 15) is 4.79 Å². The number of carbonyl (C=O) groups is 1. The lowest BCUT2D eigenvalue weighted by molar-refractivity contribution is -0.108. The van der Waals surface area contributed by atoms with Crippen LogP contribution < -0.4 is 0 Å². The molecule has 2 fully saturated rings. The minimum absolute atomic E-state index is 0.725. The molecule has 0 spiro atoms. The Balaban J connectivity index is 1.85. The molecule has 1 aliphatic heterocycles. The van der Waals surface area contributed by atoms with Gasteiger partial charge in [0.25, 0.3) is 0 Å². The van der Waals surface area contributed by atoms with Gasteiger partial charge in [0.2, 0.25) is 0 Å². The fourth-order valence-electron chi connectivity index (χ4n) is 3.22. The number of rotatable bonds is 4. The van der Waals surface area contributed by atoms with Crippen molar-refractivity contribution >= 4 is 6.29 Å². The Morgan fingerprint density at radius 1 is 1.14 bits per heavy atom. The average Bonchev–Trinajstić information content (AvgIpc) is 2.84. The van der Waals surface area contributed by atoms with Crippen LogP contribution in [0.1, 0.15) is 44.9 Å². The molecule has 80 valence electrons. The van der Waals surface area contributed by atoms with Crippen molar-refractivity contribution in [2.45, 2.75) is 51.0 Å². The first-order valence-corrected chi connectivity index (χ1v) is 6.09. The van der Waals surface area contributed by atoms with Gasteiger partial charge in [0.05, 0.1) is 0 Å². The fourth-order valence-corrected chi connectivity index (χ4v) is 3.22. The lowest BCUT2D eigenvalue weighted by Crippen LogP contribution is -2.35. The molecule has 0 aromatic rings. The molecule has 1 saturated carbocycles. The lowest BCUT2D eigenvalue weighted by Gasteiger charge is -2.28. The predicted molar refractivity (Wildman–Crippen MR) is 57.2 cm³/mol. The van der Waals surface area contributed by atoms with Crippen LogP contribution in [0.4, 0.5) is 0 Å². The molecule has 1 unspecified atom stereocenters. The molecule has 14 heavy (non-hydrogen) atoms. The van der Waals surface area contributed by atoms with Crippen LogP contribution in [0.25, 0.3) is 0 Å². The SMILES string of the molecule is O=CCCN1CCCC1C1CCCC1. The van der Waals surface area contributed by atoms with Crippen LogP contribution in [-0.4, -0.2) is 30.3 Å². The monoisotopic (exact) mass is 195 g/mol. The molecular weight excluding hydrogens is 174 g/mol. The molecule has 2 rings (SSSR count).